The first kappa shape index (κ1) is 18.1. The molecule has 4 heterocycles. The number of aromatic nitrogens is 6. The normalized spacial score (nSPS) is 15.7. The highest BCUT2D eigenvalue weighted by Gasteiger charge is 2.33. The molecule has 0 saturated carbocycles. The van der Waals surface area contributed by atoms with Crippen molar-refractivity contribution in [1.29, 1.82) is 0 Å². The van der Waals surface area contributed by atoms with Gasteiger partial charge in [0.2, 0.25) is 5.91 Å². The number of carbonyl (C=O) groups excluding carboxylic acids is 1. The van der Waals surface area contributed by atoms with Crippen LogP contribution in [0.2, 0.25) is 0 Å². The largest absolute Gasteiger partial charge is 0.493 e. The lowest BCUT2D eigenvalue weighted by Gasteiger charge is -2.25. The van der Waals surface area contributed by atoms with E-state index in [1.807, 2.05) is 25.1 Å². The topological polar surface area (TPSA) is 108 Å². The summed E-state index contributed by atoms with van der Waals surface area (Å²) in [6, 6.07) is 9.30. The van der Waals surface area contributed by atoms with Crippen LogP contribution in [0.25, 0.3) is 11.5 Å². The number of anilines is 1. The Morgan fingerprint density at radius 1 is 1.10 bits per heavy atom. The maximum Gasteiger partial charge on any atom is 0.226 e. The van der Waals surface area contributed by atoms with Crippen LogP contribution in [-0.4, -0.2) is 49.7 Å². The van der Waals surface area contributed by atoms with Gasteiger partial charge in [0.05, 0.1) is 19.9 Å². The number of nitrogens with zero attached hydrogens (tertiary/aromatic N) is 6. The highest BCUT2D eigenvalue weighted by atomic mass is 16.5. The lowest BCUT2D eigenvalue weighted by molar-refractivity contribution is -0.116. The molecule has 1 aliphatic rings. The van der Waals surface area contributed by atoms with Crippen LogP contribution in [0.5, 0.6) is 11.5 Å². The third kappa shape index (κ3) is 2.76. The summed E-state index contributed by atoms with van der Waals surface area (Å²) >= 11 is 0. The van der Waals surface area contributed by atoms with Crippen molar-refractivity contribution in [3.05, 3.63) is 53.5 Å². The predicted octanol–water partition coefficient (Wildman–Crippen LogP) is 2.11. The molecule has 1 aliphatic heterocycles. The van der Waals surface area contributed by atoms with Crippen molar-refractivity contribution in [3.8, 4) is 17.3 Å². The predicted molar refractivity (Wildman–Crippen MR) is 107 cm³/mol. The van der Waals surface area contributed by atoms with Crippen LogP contribution < -0.4 is 14.8 Å². The van der Waals surface area contributed by atoms with Gasteiger partial charge >= 0.3 is 0 Å². The molecule has 5 rings (SSSR count). The number of aryl methyl sites for hydroxylation is 1. The van der Waals surface area contributed by atoms with Crippen molar-refractivity contribution in [2.75, 3.05) is 19.5 Å². The molecular formula is C20H19N7O3. The van der Waals surface area contributed by atoms with E-state index in [4.69, 9.17) is 9.47 Å². The molecule has 0 aliphatic carbocycles. The fourth-order valence-electron chi connectivity index (χ4n) is 3.90. The number of fused-ring (bicyclic) bond motifs is 2. The molecule has 1 atom stereocenters. The summed E-state index contributed by atoms with van der Waals surface area (Å²) in [5.74, 6) is 2.17. The summed E-state index contributed by atoms with van der Waals surface area (Å²) in [4.78, 5) is 12.6. The van der Waals surface area contributed by atoms with Gasteiger partial charge in [-0.15, -0.1) is 15.3 Å². The van der Waals surface area contributed by atoms with Crippen LogP contribution in [0.15, 0.2) is 36.7 Å². The van der Waals surface area contributed by atoms with Crippen molar-refractivity contribution in [1.82, 2.24) is 29.6 Å². The molecule has 4 aromatic rings. The molecular weight excluding hydrogens is 386 g/mol. The summed E-state index contributed by atoms with van der Waals surface area (Å²) in [6.07, 6.45) is 1.83. The number of methoxy groups -OCH3 is 2. The molecule has 0 spiro atoms. The molecule has 0 fully saturated rings. The zero-order chi connectivity index (χ0) is 20.8. The van der Waals surface area contributed by atoms with Crippen molar-refractivity contribution in [2.45, 2.75) is 19.3 Å². The number of nitrogens with one attached hydrogen (secondary N) is 1. The molecule has 3 aromatic heterocycles. The number of hydrogen-bond donors (Lipinski definition) is 1. The van der Waals surface area contributed by atoms with Crippen LogP contribution in [0.1, 0.15) is 29.2 Å². The van der Waals surface area contributed by atoms with Gasteiger partial charge in [0.15, 0.2) is 23.0 Å². The van der Waals surface area contributed by atoms with E-state index in [1.54, 1.807) is 35.5 Å². The van der Waals surface area contributed by atoms with E-state index in [9.17, 15) is 4.79 Å². The third-order valence-electron chi connectivity index (χ3n) is 5.28. The molecule has 0 bridgehead atoms. The average Bonchev–Trinajstić information content (AvgIpc) is 3.36. The molecule has 10 nitrogen and oxygen atoms in total. The van der Waals surface area contributed by atoms with Gasteiger partial charge in [-0.3, -0.25) is 4.79 Å². The number of amides is 1. The number of benzene rings is 1. The summed E-state index contributed by atoms with van der Waals surface area (Å²) in [6.45, 7) is 1.93. The minimum absolute atomic E-state index is 0.0891. The summed E-state index contributed by atoms with van der Waals surface area (Å²) < 4.78 is 14.0. The molecule has 30 heavy (non-hydrogen) atoms. The Labute approximate surface area is 171 Å². The smallest absolute Gasteiger partial charge is 0.226 e. The first-order valence-corrected chi connectivity index (χ1v) is 9.37. The van der Waals surface area contributed by atoms with Gasteiger partial charge in [-0.2, -0.15) is 14.3 Å². The maximum absolute atomic E-state index is 12.6. The van der Waals surface area contributed by atoms with E-state index >= 15 is 0 Å². The molecule has 152 valence electrons. The monoisotopic (exact) mass is 405 g/mol. The van der Waals surface area contributed by atoms with Crippen molar-refractivity contribution >= 4 is 17.4 Å². The Morgan fingerprint density at radius 3 is 2.73 bits per heavy atom. The quantitative estimate of drug-likeness (QED) is 0.554. The number of carbonyl (C=O) groups is 1. The van der Waals surface area contributed by atoms with Gasteiger partial charge in [-0.05, 0) is 36.8 Å². The van der Waals surface area contributed by atoms with Crippen molar-refractivity contribution < 1.29 is 14.3 Å². The van der Waals surface area contributed by atoms with Crippen LogP contribution in [-0.2, 0) is 4.79 Å². The average molecular weight is 405 g/mol. The second kappa shape index (κ2) is 6.83. The molecule has 0 saturated heterocycles. The second-order valence-electron chi connectivity index (χ2n) is 7.00. The molecule has 10 heteroatoms. The van der Waals surface area contributed by atoms with Crippen molar-refractivity contribution in [3.63, 3.8) is 0 Å². The molecule has 0 radical (unpaired) electrons. The third-order valence-corrected chi connectivity index (χ3v) is 5.28. The fraction of sp³-hybridized carbons (Fsp3) is 0.250. The van der Waals surface area contributed by atoms with E-state index in [2.05, 4.69) is 25.7 Å². The SMILES string of the molecule is COc1ccc([C@@H]2CC(=O)Nc3c2c(C)nn3-c2ccc3nncn3n2)cc1OC. The summed E-state index contributed by atoms with van der Waals surface area (Å²) in [7, 11) is 3.19. The van der Waals surface area contributed by atoms with E-state index in [-0.39, 0.29) is 11.8 Å². The number of hydrogen-bond acceptors (Lipinski definition) is 7. The Morgan fingerprint density at radius 2 is 1.93 bits per heavy atom. The Bertz CT molecular complexity index is 1280. The second-order valence-corrected chi connectivity index (χ2v) is 7.00. The molecule has 1 aromatic carbocycles. The zero-order valence-electron chi connectivity index (χ0n) is 16.7. The van der Waals surface area contributed by atoms with Gasteiger partial charge < -0.3 is 14.8 Å². The van der Waals surface area contributed by atoms with Gasteiger partial charge in [0, 0.05) is 17.9 Å². The van der Waals surface area contributed by atoms with Crippen LogP contribution in [0.4, 0.5) is 5.82 Å². The van der Waals surface area contributed by atoms with Gasteiger partial charge in [-0.1, -0.05) is 6.07 Å². The zero-order valence-corrected chi connectivity index (χ0v) is 16.7. The van der Waals surface area contributed by atoms with Crippen molar-refractivity contribution in [2.24, 2.45) is 0 Å². The van der Waals surface area contributed by atoms with Crippen LogP contribution in [0.3, 0.4) is 0 Å². The Kier molecular flexibility index (Phi) is 4.12. The standard InChI is InChI=1S/C20H19N7O3/c1-11-19-13(12-4-5-14(29-2)15(8-12)30-3)9-18(28)22-20(19)27(24-11)17-7-6-16-23-21-10-26(16)25-17/h4-8,10,13H,9H2,1-3H3,(H,22,28)/t13-/m0/s1. The minimum Gasteiger partial charge on any atom is -0.493 e. The highest BCUT2D eigenvalue weighted by molar-refractivity contribution is 5.95. The number of rotatable bonds is 4. The van der Waals surface area contributed by atoms with Gasteiger partial charge in [0.1, 0.15) is 12.1 Å². The van der Waals surface area contributed by atoms with Crippen LogP contribution in [0, 0.1) is 6.92 Å². The number of ether oxygens (including phenoxy) is 2. The van der Waals surface area contributed by atoms with E-state index in [1.165, 1.54) is 6.33 Å². The Balaban J connectivity index is 1.64. The first-order chi connectivity index (χ1) is 14.6. The first-order valence-electron chi connectivity index (χ1n) is 9.37. The van der Waals surface area contributed by atoms with Gasteiger partial charge in [-0.25, -0.2) is 0 Å². The fourth-order valence-corrected chi connectivity index (χ4v) is 3.90. The minimum atomic E-state index is -0.166. The lowest BCUT2D eigenvalue weighted by atomic mass is 9.85. The van der Waals surface area contributed by atoms with Gasteiger partial charge in [0.25, 0.3) is 0 Å². The molecule has 0 unspecified atom stereocenters. The van der Waals surface area contributed by atoms with E-state index in [0.717, 1.165) is 16.8 Å². The molecule has 1 N–H and O–H groups in total. The lowest BCUT2D eigenvalue weighted by Crippen LogP contribution is -2.25. The maximum atomic E-state index is 12.6. The van der Waals surface area contributed by atoms with E-state index < -0.39 is 0 Å². The highest BCUT2D eigenvalue weighted by Crippen LogP contribution is 2.42. The van der Waals surface area contributed by atoms with E-state index in [0.29, 0.717) is 35.2 Å². The Hall–Kier alpha value is -3.95. The van der Waals surface area contributed by atoms with Crippen LogP contribution >= 0.6 is 0 Å². The summed E-state index contributed by atoms with van der Waals surface area (Å²) in [5.41, 5.74) is 3.35. The summed E-state index contributed by atoms with van der Waals surface area (Å²) in [5, 5.41) is 20.0. The molecule has 1 amide bonds.